The molecule has 14 aromatic carbocycles. The van der Waals surface area contributed by atoms with Crippen molar-refractivity contribution < 1.29 is 17.7 Å². The Balaban J connectivity index is 0.673. The van der Waals surface area contributed by atoms with Crippen LogP contribution in [0, 0.1) is 0 Å². The molecular weight excluding hydrogens is 1030 g/mol. The zero-order valence-corrected chi connectivity index (χ0v) is 45.1. The third-order valence-electron chi connectivity index (χ3n) is 17.1. The number of nitrogens with zero attached hydrogens (tertiary/aromatic N) is 2. The van der Waals surface area contributed by atoms with E-state index in [4.69, 9.17) is 17.7 Å². The Kier molecular flexibility index (Phi) is 9.99. The fourth-order valence-corrected chi connectivity index (χ4v) is 13.1. The molecule has 0 atom stereocenters. The van der Waals surface area contributed by atoms with Crippen LogP contribution in [0.4, 0.5) is 34.1 Å². The van der Waals surface area contributed by atoms with Gasteiger partial charge in [-0.1, -0.05) is 146 Å². The molecule has 0 unspecified atom stereocenters. The largest absolute Gasteiger partial charge is 0.456 e. The smallest absolute Gasteiger partial charge is 0.143 e. The second-order valence-corrected chi connectivity index (χ2v) is 22.0. The molecule has 0 bridgehead atoms. The summed E-state index contributed by atoms with van der Waals surface area (Å²) in [5, 5.41) is 15.6. The van der Waals surface area contributed by atoms with Gasteiger partial charge in [0.25, 0.3) is 0 Å². The third-order valence-corrected chi connectivity index (χ3v) is 17.1. The van der Waals surface area contributed by atoms with Crippen LogP contribution < -0.4 is 9.80 Å². The second kappa shape index (κ2) is 18.1. The fraction of sp³-hybridized carbons (Fsp3) is 0. The standard InChI is InChI=1S/C78H46N2O4/c1-3-17-55(18-4-1)79(57-29-25-47(26-30-57)61-21-11-23-65-69-37-49-13-7-9-15-51(49)41-73(69)83-77(61)65)59-33-35-63-67-39-53-44-72-68(40-54(53)43-71(67)81-75(63)45-59)64-36-34-60(46-76(64)82-72)80(56-19-5-2-6-20-56)58-31-27-48(28-32-58)62-22-12-24-66-70-38-50-14-8-10-16-52(50)42-74(70)84-78(62)66/h1-46H. The molecule has 0 aliphatic rings. The van der Waals surface area contributed by atoms with Gasteiger partial charge in [-0.05, 0) is 165 Å². The first-order valence-electron chi connectivity index (χ1n) is 28.4. The average Bonchev–Trinajstić information content (AvgIpc) is 3.27. The van der Waals surface area contributed by atoms with Crippen LogP contribution in [0.25, 0.3) is 142 Å². The van der Waals surface area contributed by atoms with Crippen molar-refractivity contribution in [3.05, 3.63) is 279 Å². The summed E-state index contributed by atoms with van der Waals surface area (Å²) in [4.78, 5) is 4.57. The predicted molar refractivity (Wildman–Crippen MR) is 348 cm³/mol. The summed E-state index contributed by atoms with van der Waals surface area (Å²) in [5.74, 6) is 0. The van der Waals surface area contributed by atoms with Gasteiger partial charge in [0.05, 0.1) is 0 Å². The quantitative estimate of drug-likeness (QED) is 0.151. The van der Waals surface area contributed by atoms with Crippen LogP contribution in [0.15, 0.2) is 297 Å². The SMILES string of the molecule is c1ccc(N(c2ccc(-c3cccc4c3oc3cc5ccccc5cc34)cc2)c2ccc3c(c2)oc2cc4cc5c(cc4cc23)oc2cc(N(c3ccccc3)c3ccc(-c4cccc6c4oc4cc7ccccc7cc46)cc3)ccc25)cc1. The van der Waals surface area contributed by atoms with Gasteiger partial charge in [-0.2, -0.15) is 0 Å². The maximum atomic E-state index is 6.80. The minimum absolute atomic E-state index is 0.816. The van der Waals surface area contributed by atoms with Gasteiger partial charge in [0.15, 0.2) is 0 Å². The Morgan fingerprint density at radius 1 is 0.190 bits per heavy atom. The van der Waals surface area contributed by atoms with E-state index in [1.54, 1.807) is 0 Å². The molecule has 84 heavy (non-hydrogen) atoms. The number of rotatable bonds is 8. The van der Waals surface area contributed by atoms with Crippen LogP contribution in [0.5, 0.6) is 0 Å². The van der Waals surface area contributed by atoms with Gasteiger partial charge in [-0.25, -0.2) is 0 Å². The number of anilines is 6. The van der Waals surface area contributed by atoms with E-state index in [2.05, 4.69) is 289 Å². The van der Waals surface area contributed by atoms with Crippen molar-refractivity contribution in [2.75, 3.05) is 9.80 Å². The average molecular weight is 1080 g/mol. The molecule has 0 amide bonds. The molecule has 18 rings (SSSR count). The summed E-state index contributed by atoms with van der Waals surface area (Å²) in [6, 6.07) is 99.0. The van der Waals surface area contributed by atoms with Crippen molar-refractivity contribution >= 4 is 154 Å². The van der Waals surface area contributed by atoms with Gasteiger partial charge in [0.1, 0.15) is 44.7 Å². The molecule has 0 saturated heterocycles. The Morgan fingerprint density at radius 2 is 0.512 bits per heavy atom. The molecule has 0 fully saturated rings. The molecule has 0 radical (unpaired) electrons. The Hall–Kier alpha value is -11.3. The lowest BCUT2D eigenvalue weighted by atomic mass is 10.0. The second-order valence-electron chi connectivity index (χ2n) is 22.0. The highest BCUT2D eigenvalue weighted by molar-refractivity contribution is 6.17. The van der Waals surface area contributed by atoms with Gasteiger partial charge >= 0.3 is 0 Å². The molecule has 6 nitrogen and oxygen atoms in total. The first-order chi connectivity index (χ1) is 41.6. The van der Waals surface area contributed by atoms with Crippen molar-refractivity contribution in [1.82, 2.24) is 0 Å². The maximum Gasteiger partial charge on any atom is 0.143 e. The van der Waals surface area contributed by atoms with E-state index < -0.39 is 0 Å². The van der Waals surface area contributed by atoms with E-state index in [0.717, 1.165) is 155 Å². The summed E-state index contributed by atoms with van der Waals surface area (Å²) in [6.45, 7) is 0. The summed E-state index contributed by atoms with van der Waals surface area (Å²) in [5.41, 5.74) is 17.3. The van der Waals surface area contributed by atoms with Crippen molar-refractivity contribution in [2.45, 2.75) is 0 Å². The van der Waals surface area contributed by atoms with Gasteiger partial charge in [0, 0.05) is 100 Å². The lowest BCUT2D eigenvalue weighted by Crippen LogP contribution is -2.09. The Bertz CT molecular complexity index is 5320. The zero-order chi connectivity index (χ0) is 55.0. The van der Waals surface area contributed by atoms with Crippen molar-refractivity contribution in [3.63, 3.8) is 0 Å². The summed E-state index contributed by atoms with van der Waals surface area (Å²) >= 11 is 0. The lowest BCUT2D eigenvalue weighted by Gasteiger charge is -2.25. The number of benzene rings is 14. The normalized spacial score (nSPS) is 12.0. The first-order valence-corrected chi connectivity index (χ1v) is 28.4. The van der Waals surface area contributed by atoms with Gasteiger partial charge in [-0.15, -0.1) is 0 Å². The van der Waals surface area contributed by atoms with Crippen LogP contribution in [0.3, 0.4) is 0 Å². The lowest BCUT2D eigenvalue weighted by molar-refractivity contribution is 0.668. The minimum atomic E-state index is 0.816. The highest BCUT2D eigenvalue weighted by Gasteiger charge is 2.21. The number of furan rings is 4. The van der Waals surface area contributed by atoms with Crippen LogP contribution in [0.1, 0.15) is 0 Å². The minimum Gasteiger partial charge on any atom is -0.456 e. The molecule has 18 aromatic rings. The highest BCUT2D eigenvalue weighted by Crippen LogP contribution is 2.45. The van der Waals surface area contributed by atoms with E-state index in [-0.39, 0.29) is 0 Å². The van der Waals surface area contributed by atoms with Crippen LogP contribution in [0.2, 0.25) is 0 Å². The van der Waals surface area contributed by atoms with E-state index >= 15 is 0 Å². The van der Waals surface area contributed by atoms with Crippen LogP contribution in [-0.4, -0.2) is 0 Å². The Labute approximate surface area is 480 Å². The summed E-state index contributed by atoms with van der Waals surface area (Å²) in [6.07, 6.45) is 0. The molecule has 0 aliphatic carbocycles. The fourth-order valence-electron chi connectivity index (χ4n) is 13.1. The molecule has 0 aliphatic heterocycles. The maximum absolute atomic E-state index is 6.80. The van der Waals surface area contributed by atoms with E-state index in [0.29, 0.717) is 0 Å². The number of hydrogen-bond donors (Lipinski definition) is 0. The van der Waals surface area contributed by atoms with Gasteiger partial charge in [-0.3, -0.25) is 0 Å². The highest BCUT2D eigenvalue weighted by atomic mass is 16.3. The van der Waals surface area contributed by atoms with Crippen molar-refractivity contribution in [3.8, 4) is 22.3 Å². The molecule has 0 spiro atoms. The predicted octanol–water partition coefficient (Wildman–Crippen LogP) is 23.0. The van der Waals surface area contributed by atoms with E-state index in [1.165, 1.54) is 21.5 Å². The van der Waals surface area contributed by atoms with Crippen LogP contribution >= 0.6 is 0 Å². The number of para-hydroxylation sites is 4. The number of hydrogen-bond acceptors (Lipinski definition) is 6. The molecule has 0 N–H and O–H groups in total. The topological polar surface area (TPSA) is 59.0 Å². The Morgan fingerprint density at radius 3 is 0.940 bits per heavy atom. The molecular formula is C78H46N2O4. The van der Waals surface area contributed by atoms with Crippen molar-refractivity contribution in [1.29, 1.82) is 0 Å². The number of fused-ring (bicyclic) bond motifs is 15. The molecule has 6 heteroatoms. The third kappa shape index (κ3) is 7.30. The summed E-state index contributed by atoms with van der Waals surface area (Å²) < 4.78 is 26.9. The molecule has 4 heterocycles. The van der Waals surface area contributed by atoms with Crippen LogP contribution in [-0.2, 0) is 0 Å². The van der Waals surface area contributed by atoms with Gasteiger partial charge in [0.2, 0.25) is 0 Å². The first kappa shape index (κ1) is 46.4. The van der Waals surface area contributed by atoms with Gasteiger partial charge < -0.3 is 27.5 Å². The monoisotopic (exact) mass is 1070 g/mol. The summed E-state index contributed by atoms with van der Waals surface area (Å²) in [7, 11) is 0. The van der Waals surface area contributed by atoms with E-state index in [1.807, 2.05) is 0 Å². The molecule has 4 aromatic heterocycles. The zero-order valence-electron chi connectivity index (χ0n) is 45.1. The van der Waals surface area contributed by atoms with E-state index in [9.17, 15) is 0 Å². The molecule has 392 valence electrons. The molecule has 0 saturated carbocycles. The van der Waals surface area contributed by atoms with Crippen molar-refractivity contribution in [2.24, 2.45) is 0 Å².